The molecule has 2 N–H and O–H groups in total. The smallest absolute Gasteiger partial charge is 0.404 e. The molecular weight excluding hydrogens is 385 g/mol. The van der Waals surface area contributed by atoms with Crippen LogP contribution in [0.4, 0.5) is 4.79 Å². The SMILES string of the molecule is CCCC[C@H](OC(N)=O)[C@@H](OCOC)c1ccccc1I. The summed E-state index contributed by atoms with van der Waals surface area (Å²) in [6.45, 7) is 2.21. The van der Waals surface area contributed by atoms with Gasteiger partial charge in [-0.25, -0.2) is 4.79 Å². The number of hydrogen-bond acceptors (Lipinski definition) is 4. The minimum absolute atomic E-state index is 0.125. The first-order valence-electron chi connectivity index (χ1n) is 6.91. The quantitative estimate of drug-likeness (QED) is 0.502. The molecule has 1 amide bonds. The number of carbonyl (C=O) groups is 1. The molecule has 6 heteroatoms. The van der Waals surface area contributed by atoms with Gasteiger partial charge in [-0.2, -0.15) is 0 Å². The van der Waals surface area contributed by atoms with Crippen molar-refractivity contribution in [3.8, 4) is 0 Å². The highest BCUT2D eigenvalue weighted by Crippen LogP contribution is 2.30. The number of unbranched alkanes of at least 4 members (excludes halogenated alkanes) is 1. The molecule has 118 valence electrons. The second-order valence-electron chi connectivity index (χ2n) is 4.63. The molecule has 1 aromatic rings. The minimum Gasteiger partial charge on any atom is -0.443 e. The molecule has 0 unspecified atom stereocenters. The van der Waals surface area contributed by atoms with Crippen LogP contribution in [0.1, 0.15) is 37.9 Å². The Bertz CT molecular complexity index is 441. The summed E-state index contributed by atoms with van der Waals surface area (Å²) in [5.74, 6) is 0. The van der Waals surface area contributed by atoms with Crippen LogP contribution in [0.5, 0.6) is 0 Å². The first-order valence-corrected chi connectivity index (χ1v) is 7.99. The summed E-state index contributed by atoms with van der Waals surface area (Å²) in [7, 11) is 1.56. The lowest BCUT2D eigenvalue weighted by Crippen LogP contribution is -2.31. The highest BCUT2D eigenvalue weighted by molar-refractivity contribution is 14.1. The van der Waals surface area contributed by atoms with E-state index >= 15 is 0 Å². The Morgan fingerprint density at radius 3 is 2.67 bits per heavy atom. The van der Waals surface area contributed by atoms with Crippen LogP contribution in [0.3, 0.4) is 0 Å². The van der Waals surface area contributed by atoms with Crippen LogP contribution in [0, 0.1) is 3.57 Å². The third kappa shape index (κ3) is 6.19. The number of benzene rings is 1. The summed E-state index contributed by atoms with van der Waals surface area (Å²) < 4.78 is 17.1. The molecule has 0 saturated carbocycles. The molecule has 0 fully saturated rings. The van der Waals surface area contributed by atoms with Gasteiger partial charge in [-0.15, -0.1) is 0 Å². The summed E-state index contributed by atoms with van der Waals surface area (Å²) in [5.41, 5.74) is 6.17. The largest absolute Gasteiger partial charge is 0.443 e. The van der Waals surface area contributed by atoms with E-state index in [0.717, 1.165) is 22.0 Å². The molecule has 0 bridgehead atoms. The van der Waals surface area contributed by atoms with E-state index in [9.17, 15) is 4.79 Å². The number of rotatable bonds is 9. The van der Waals surface area contributed by atoms with E-state index in [0.29, 0.717) is 6.42 Å². The molecule has 0 saturated heterocycles. The lowest BCUT2D eigenvalue weighted by Gasteiger charge is -2.27. The molecule has 0 aliphatic heterocycles. The first kappa shape index (κ1) is 18.2. The van der Waals surface area contributed by atoms with E-state index in [2.05, 4.69) is 29.5 Å². The molecule has 0 spiro atoms. The van der Waals surface area contributed by atoms with Gasteiger partial charge in [0.05, 0.1) is 0 Å². The number of halogens is 1. The van der Waals surface area contributed by atoms with E-state index in [1.807, 2.05) is 24.3 Å². The fourth-order valence-electron chi connectivity index (χ4n) is 2.07. The summed E-state index contributed by atoms with van der Waals surface area (Å²) in [5, 5.41) is 0. The van der Waals surface area contributed by atoms with Crippen molar-refractivity contribution in [2.45, 2.75) is 38.4 Å². The second-order valence-corrected chi connectivity index (χ2v) is 5.80. The summed E-state index contributed by atoms with van der Waals surface area (Å²) >= 11 is 2.24. The van der Waals surface area contributed by atoms with Crippen molar-refractivity contribution in [2.75, 3.05) is 13.9 Å². The fourth-order valence-corrected chi connectivity index (χ4v) is 2.77. The average molecular weight is 407 g/mol. The summed E-state index contributed by atoms with van der Waals surface area (Å²) in [6, 6.07) is 7.84. The predicted octanol–water partition coefficient (Wildman–Crippen LogP) is 3.61. The molecule has 0 radical (unpaired) electrons. The zero-order valence-electron chi connectivity index (χ0n) is 12.4. The molecule has 0 aliphatic carbocycles. The van der Waals surface area contributed by atoms with E-state index < -0.39 is 18.3 Å². The standard InChI is InChI=1S/C15H22INO4/c1-3-4-9-13(21-15(17)18)14(20-10-19-2)11-7-5-6-8-12(11)16/h5-8,13-14H,3-4,9-10H2,1-2H3,(H2,17,18)/t13-,14-/m0/s1. The average Bonchev–Trinajstić information content (AvgIpc) is 2.46. The number of amides is 1. The predicted molar refractivity (Wildman–Crippen MR) is 88.8 cm³/mol. The highest BCUT2D eigenvalue weighted by Gasteiger charge is 2.28. The monoisotopic (exact) mass is 407 g/mol. The Balaban J connectivity index is 3.00. The second kappa shape index (κ2) is 9.97. The number of hydrogen-bond donors (Lipinski definition) is 1. The number of primary amides is 1. The number of methoxy groups -OCH3 is 1. The Labute approximate surface area is 139 Å². The van der Waals surface area contributed by atoms with Gasteiger partial charge < -0.3 is 19.9 Å². The van der Waals surface area contributed by atoms with Gasteiger partial charge in [0.15, 0.2) is 0 Å². The molecule has 21 heavy (non-hydrogen) atoms. The molecule has 5 nitrogen and oxygen atoms in total. The van der Waals surface area contributed by atoms with E-state index in [4.69, 9.17) is 19.9 Å². The van der Waals surface area contributed by atoms with Crippen LogP contribution in [-0.4, -0.2) is 26.1 Å². The zero-order chi connectivity index (χ0) is 15.7. The Hall–Kier alpha value is -0.860. The van der Waals surface area contributed by atoms with E-state index in [1.165, 1.54) is 0 Å². The topological polar surface area (TPSA) is 70.8 Å². The summed E-state index contributed by atoms with van der Waals surface area (Å²) in [4.78, 5) is 11.2. The Morgan fingerprint density at radius 2 is 2.10 bits per heavy atom. The lowest BCUT2D eigenvalue weighted by molar-refractivity contribution is -0.117. The van der Waals surface area contributed by atoms with Crippen molar-refractivity contribution >= 4 is 28.7 Å². The molecular formula is C15H22INO4. The van der Waals surface area contributed by atoms with E-state index in [-0.39, 0.29) is 6.79 Å². The maximum absolute atomic E-state index is 11.2. The summed E-state index contributed by atoms with van der Waals surface area (Å²) in [6.07, 6.45) is 1.02. The van der Waals surface area contributed by atoms with Crippen LogP contribution in [0.25, 0.3) is 0 Å². The molecule has 0 aliphatic rings. The molecule has 0 heterocycles. The molecule has 0 aromatic heterocycles. The van der Waals surface area contributed by atoms with Crippen molar-refractivity contribution in [2.24, 2.45) is 5.73 Å². The molecule has 2 atom stereocenters. The van der Waals surface area contributed by atoms with Crippen LogP contribution < -0.4 is 5.73 Å². The van der Waals surface area contributed by atoms with Crippen LogP contribution in [0.15, 0.2) is 24.3 Å². The van der Waals surface area contributed by atoms with Crippen LogP contribution in [0.2, 0.25) is 0 Å². The van der Waals surface area contributed by atoms with E-state index in [1.54, 1.807) is 7.11 Å². The molecule has 1 rings (SSSR count). The number of nitrogens with two attached hydrogens (primary N) is 1. The lowest BCUT2D eigenvalue weighted by atomic mass is 10.00. The Morgan fingerprint density at radius 1 is 1.38 bits per heavy atom. The van der Waals surface area contributed by atoms with Gasteiger partial charge in [-0.05, 0) is 47.1 Å². The maximum Gasteiger partial charge on any atom is 0.404 e. The number of ether oxygens (including phenoxy) is 3. The van der Waals surface area contributed by atoms with Gasteiger partial charge in [0, 0.05) is 10.7 Å². The van der Waals surface area contributed by atoms with Gasteiger partial charge in [0.2, 0.25) is 0 Å². The van der Waals surface area contributed by atoms with Gasteiger partial charge in [-0.3, -0.25) is 0 Å². The third-order valence-corrected chi connectivity index (χ3v) is 4.01. The third-order valence-electron chi connectivity index (χ3n) is 3.02. The van der Waals surface area contributed by atoms with Crippen LogP contribution in [-0.2, 0) is 14.2 Å². The van der Waals surface area contributed by atoms with Gasteiger partial charge in [-0.1, -0.05) is 31.5 Å². The normalized spacial score (nSPS) is 13.7. The molecule has 1 aromatic carbocycles. The van der Waals surface area contributed by atoms with Gasteiger partial charge >= 0.3 is 6.09 Å². The van der Waals surface area contributed by atoms with Crippen molar-refractivity contribution in [1.82, 2.24) is 0 Å². The zero-order valence-corrected chi connectivity index (χ0v) is 14.5. The minimum atomic E-state index is -0.784. The Kier molecular flexibility index (Phi) is 8.63. The first-order chi connectivity index (χ1) is 10.1. The fraction of sp³-hybridized carbons (Fsp3) is 0.533. The van der Waals surface area contributed by atoms with Gasteiger partial charge in [0.1, 0.15) is 19.0 Å². The van der Waals surface area contributed by atoms with Gasteiger partial charge in [0.25, 0.3) is 0 Å². The van der Waals surface area contributed by atoms with Crippen molar-refractivity contribution in [3.05, 3.63) is 33.4 Å². The van der Waals surface area contributed by atoms with Crippen molar-refractivity contribution < 1.29 is 19.0 Å². The number of carbonyl (C=O) groups excluding carboxylic acids is 1. The van der Waals surface area contributed by atoms with Crippen molar-refractivity contribution in [3.63, 3.8) is 0 Å². The maximum atomic E-state index is 11.2. The van der Waals surface area contributed by atoms with Crippen LogP contribution >= 0.6 is 22.6 Å². The highest BCUT2D eigenvalue weighted by atomic mass is 127. The van der Waals surface area contributed by atoms with Crippen molar-refractivity contribution in [1.29, 1.82) is 0 Å².